The molecule has 0 aliphatic rings. The van der Waals surface area contributed by atoms with Crippen LogP contribution in [0, 0.1) is 0 Å². The number of nitrogens with zero attached hydrogens (tertiary/aromatic N) is 2. The fourth-order valence-electron chi connectivity index (χ4n) is 1.87. The van der Waals surface area contributed by atoms with Gasteiger partial charge in [0.15, 0.2) is 0 Å². The number of aryl methyl sites for hydroxylation is 1. The number of carboxylic acid groups (broad SMARTS) is 1. The van der Waals surface area contributed by atoms with Crippen LogP contribution in [0.3, 0.4) is 0 Å². The second-order valence-electron chi connectivity index (χ2n) is 3.55. The molecule has 0 saturated carbocycles. The first-order valence-corrected chi connectivity index (χ1v) is 5.54. The van der Waals surface area contributed by atoms with E-state index in [0.29, 0.717) is 30.2 Å². The molecule has 0 fully saturated rings. The lowest BCUT2D eigenvalue weighted by Gasteiger charge is -2.06. The van der Waals surface area contributed by atoms with Crippen LogP contribution in [0.4, 0.5) is 0 Å². The van der Waals surface area contributed by atoms with Crippen molar-refractivity contribution in [3.8, 4) is 6.01 Å². The zero-order chi connectivity index (χ0) is 12.4. The Labute approximate surface area is 98.6 Å². The third-order valence-corrected chi connectivity index (χ3v) is 2.55. The van der Waals surface area contributed by atoms with Gasteiger partial charge in [-0.15, -0.1) is 0 Å². The number of imidazole rings is 1. The van der Waals surface area contributed by atoms with E-state index in [0.717, 1.165) is 0 Å². The van der Waals surface area contributed by atoms with E-state index in [9.17, 15) is 4.79 Å². The predicted octanol–water partition coefficient (Wildman–Crippen LogP) is 2.15. The number of rotatable bonds is 4. The molecule has 0 aliphatic heterocycles. The molecule has 1 aromatic heterocycles. The van der Waals surface area contributed by atoms with Crippen LogP contribution in [0.2, 0.25) is 0 Å². The zero-order valence-electron chi connectivity index (χ0n) is 9.80. The highest BCUT2D eigenvalue weighted by molar-refractivity contribution is 6.01. The minimum atomic E-state index is -0.951. The molecule has 0 atom stereocenters. The van der Waals surface area contributed by atoms with Gasteiger partial charge < -0.3 is 9.84 Å². The van der Waals surface area contributed by atoms with Crippen LogP contribution in [0.5, 0.6) is 6.01 Å². The van der Waals surface area contributed by atoms with Crippen LogP contribution in [0.15, 0.2) is 18.2 Å². The summed E-state index contributed by atoms with van der Waals surface area (Å²) in [6.07, 6.45) is 0. The Kier molecular flexibility index (Phi) is 2.99. The molecular weight excluding hydrogens is 220 g/mol. The molecule has 0 spiro atoms. The van der Waals surface area contributed by atoms with Gasteiger partial charge in [0, 0.05) is 6.54 Å². The average molecular weight is 234 g/mol. The number of carboxylic acids is 1. The fraction of sp³-hybridized carbons (Fsp3) is 0.333. The number of aromatic nitrogens is 2. The van der Waals surface area contributed by atoms with Crippen molar-refractivity contribution in [3.05, 3.63) is 23.8 Å². The Morgan fingerprint density at radius 1 is 1.47 bits per heavy atom. The van der Waals surface area contributed by atoms with Gasteiger partial charge in [0.1, 0.15) is 0 Å². The maximum atomic E-state index is 11.2. The number of hydrogen-bond acceptors (Lipinski definition) is 3. The maximum absolute atomic E-state index is 11.2. The van der Waals surface area contributed by atoms with E-state index in [1.54, 1.807) is 22.8 Å². The highest BCUT2D eigenvalue weighted by atomic mass is 16.5. The normalized spacial score (nSPS) is 10.7. The predicted molar refractivity (Wildman–Crippen MR) is 63.5 cm³/mol. The van der Waals surface area contributed by atoms with Crippen LogP contribution in [-0.4, -0.2) is 27.2 Å². The largest absolute Gasteiger partial charge is 0.478 e. The molecule has 5 heteroatoms. The molecule has 0 aliphatic carbocycles. The minimum Gasteiger partial charge on any atom is -0.478 e. The van der Waals surface area contributed by atoms with Crippen molar-refractivity contribution >= 4 is 17.0 Å². The number of para-hydroxylation sites is 1. The van der Waals surface area contributed by atoms with Crippen molar-refractivity contribution in [2.45, 2.75) is 20.4 Å². The minimum absolute atomic E-state index is 0.253. The Balaban J connectivity index is 2.74. The lowest BCUT2D eigenvalue weighted by Crippen LogP contribution is -2.05. The number of benzene rings is 1. The monoisotopic (exact) mass is 234 g/mol. The van der Waals surface area contributed by atoms with E-state index >= 15 is 0 Å². The molecule has 2 rings (SSSR count). The fourth-order valence-corrected chi connectivity index (χ4v) is 1.87. The quantitative estimate of drug-likeness (QED) is 0.880. The van der Waals surface area contributed by atoms with Gasteiger partial charge >= 0.3 is 5.97 Å². The highest BCUT2D eigenvalue weighted by Crippen LogP contribution is 2.24. The summed E-state index contributed by atoms with van der Waals surface area (Å²) < 4.78 is 7.19. The molecule has 1 N–H and O–H groups in total. The van der Waals surface area contributed by atoms with Crippen molar-refractivity contribution in [3.63, 3.8) is 0 Å². The van der Waals surface area contributed by atoms with Gasteiger partial charge in [0.25, 0.3) is 6.01 Å². The number of ether oxygens (including phenoxy) is 1. The summed E-state index contributed by atoms with van der Waals surface area (Å²) in [4.78, 5) is 15.5. The zero-order valence-corrected chi connectivity index (χ0v) is 9.80. The lowest BCUT2D eigenvalue weighted by atomic mass is 10.2. The molecule has 17 heavy (non-hydrogen) atoms. The molecule has 0 unspecified atom stereocenters. The third kappa shape index (κ3) is 1.84. The van der Waals surface area contributed by atoms with Crippen LogP contribution in [0.1, 0.15) is 24.2 Å². The molecule has 5 nitrogen and oxygen atoms in total. The van der Waals surface area contributed by atoms with Gasteiger partial charge in [-0.05, 0) is 26.0 Å². The van der Waals surface area contributed by atoms with Gasteiger partial charge in [-0.2, -0.15) is 4.98 Å². The molecule has 0 radical (unpaired) electrons. The average Bonchev–Trinajstić information content (AvgIpc) is 2.66. The molecule has 0 amide bonds. The van der Waals surface area contributed by atoms with E-state index in [1.807, 2.05) is 13.8 Å². The van der Waals surface area contributed by atoms with Crippen molar-refractivity contribution < 1.29 is 14.6 Å². The molecule has 0 bridgehead atoms. The number of fused-ring (bicyclic) bond motifs is 1. The van der Waals surface area contributed by atoms with Gasteiger partial charge in [-0.1, -0.05) is 6.07 Å². The van der Waals surface area contributed by atoms with E-state index in [4.69, 9.17) is 9.84 Å². The Bertz CT molecular complexity index is 560. The van der Waals surface area contributed by atoms with Crippen molar-refractivity contribution in [1.29, 1.82) is 0 Å². The van der Waals surface area contributed by atoms with Crippen molar-refractivity contribution in [2.75, 3.05) is 6.61 Å². The summed E-state index contributed by atoms with van der Waals surface area (Å²) in [5.41, 5.74) is 1.52. The second-order valence-corrected chi connectivity index (χ2v) is 3.55. The van der Waals surface area contributed by atoms with Crippen LogP contribution >= 0.6 is 0 Å². The number of aromatic carboxylic acids is 1. The molecular formula is C12H14N2O3. The number of hydrogen-bond donors (Lipinski definition) is 1. The standard InChI is InChI=1S/C12H14N2O3/c1-3-14-10-8(11(15)16)6-5-7-9(10)13-12(14)17-4-2/h5-7H,3-4H2,1-2H3,(H,15,16). The Hall–Kier alpha value is -2.04. The van der Waals surface area contributed by atoms with Gasteiger partial charge in [0.2, 0.25) is 0 Å². The third-order valence-electron chi connectivity index (χ3n) is 2.55. The number of carbonyl (C=O) groups is 1. The maximum Gasteiger partial charge on any atom is 0.337 e. The van der Waals surface area contributed by atoms with Gasteiger partial charge in [-0.3, -0.25) is 4.57 Å². The molecule has 1 aromatic carbocycles. The Morgan fingerprint density at radius 2 is 2.24 bits per heavy atom. The van der Waals surface area contributed by atoms with Crippen LogP contribution in [0.25, 0.3) is 11.0 Å². The van der Waals surface area contributed by atoms with Crippen LogP contribution < -0.4 is 4.74 Å². The summed E-state index contributed by atoms with van der Waals surface area (Å²) in [5.74, 6) is -0.951. The summed E-state index contributed by atoms with van der Waals surface area (Å²) in [5, 5.41) is 9.16. The highest BCUT2D eigenvalue weighted by Gasteiger charge is 2.17. The van der Waals surface area contributed by atoms with Crippen LogP contribution in [-0.2, 0) is 6.54 Å². The summed E-state index contributed by atoms with van der Waals surface area (Å²) in [7, 11) is 0. The topological polar surface area (TPSA) is 64.3 Å². The van der Waals surface area contributed by atoms with Crippen molar-refractivity contribution in [2.24, 2.45) is 0 Å². The molecule has 0 saturated heterocycles. The summed E-state index contributed by atoms with van der Waals surface area (Å²) >= 11 is 0. The first-order valence-electron chi connectivity index (χ1n) is 5.54. The van der Waals surface area contributed by atoms with E-state index in [2.05, 4.69) is 4.98 Å². The first-order chi connectivity index (χ1) is 8.19. The smallest absolute Gasteiger partial charge is 0.337 e. The van der Waals surface area contributed by atoms with Gasteiger partial charge in [0.05, 0.1) is 23.2 Å². The molecule has 1 heterocycles. The molecule has 2 aromatic rings. The summed E-state index contributed by atoms with van der Waals surface area (Å²) in [6.45, 7) is 4.93. The van der Waals surface area contributed by atoms with E-state index < -0.39 is 5.97 Å². The second kappa shape index (κ2) is 4.45. The first kappa shape index (κ1) is 11.4. The SMILES string of the molecule is CCOc1nc2cccc(C(=O)O)c2n1CC. The van der Waals surface area contributed by atoms with Crippen molar-refractivity contribution in [1.82, 2.24) is 9.55 Å². The summed E-state index contributed by atoms with van der Waals surface area (Å²) in [6, 6.07) is 5.53. The lowest BCUT2D eigenvalue weighted by molar-refractivity contribution is 0.0698. The van der Waals surface area contributed by atoms with E-state index in [-0.39, 0.29) is 5.56 Å². The Morgan fingerprint density at radius 3 is 2.82 bits per heavy atom. The van der Waals surface area contributed by atoms with E-state index in [1.165, 1.54) is 0 Å². The van der Waals surface area contributed by atoms with Gasteiger partial charge in [-0.25, -0.2) is 4.79 Å². The molecule has 90 valence electrons.